The molecule has 0 rings (SSSR count). The molecule has 0 radical (unpaired) electrons. The molecule has 2 heteroatoms. The lowest BCUT2D eigenvalue weighted by atomic mass is 10.7. The molecule has 0 aliphatic carbocycles. The summed E-state index contributed by atoms with van der Waals surface area (Å²) in [7, 11) is 1.97. The third-order valence-electron chi connectivity index (χ3n) is 0.466. The summed E-state index contributed by atoms with van der Waals surface area (Å²) in [6, 6.07) is 0. The van der Waals surface area contributed by atoms with Crippen molar-refractivity contribution in [3.05, 3.63) is 0 Å². The van der Waals surface area contributed by atoms with Gasteiger partial charge in [-0.1, -0.05) is 22.6 Å². The topological polar surface area (TPSA) is 3.01 Å². The fourth-order valence-corrected chi connectivity index (χ4v) is 0.968. The van der Waals surface area contributed by atoms with Crippen molar-refractivity contribution in [2.24, 2.45) is 0 Å². The van der Waals surface area contributed by atoms with Crippen LogP contribution in [-0.2, 0) is 0 Å². The van der Waals surface area contributed by atoms with Gasteiger partial charge < -0.3 is 0 Å². The molecule has 0 saturated heterocycles. The van der Waals surface area contributed by atoms with Crippen molar-refractivity contribution in [1.29, 1.82) is 0 Å². The summed E-state index contributed by atoms with van der Waals surface area (Å²) in [5, 5.41) is 0. The average Bonchev–Trinajstić information content (AvgIpc) is 1.35. The maximum absolute atomic E-state index is 3.66. The maximum Gasteiger partial charge on any atom is 0.150 e. The van der Waals surface area contributed by atoms with Crippen LogP contribution in [0.2, 0.25) is 0 Å². The molecular formula is C4H9IN+. The fourth-order valence-electron chi connectivity index (χ4n) is 0.144. The number of nitrogens with zero attached hydrogens (tertiary/aromatic N) is 1. The minimum Gasteiger partial charge on any atom is -0.244 e. The van der Waals surface area contributed by atoms with Crippen molar-refractivity contribution in [1.82, 2.24) is 0 Å². The van der Waals surface area contributed by atoms with Gasteiger partial charge >= 0.3 is 0 Å². The van der Waals surface area contributed by atoms with Crippen LogP contribution >= 0.6 is 22.6 Å². The zero-order valence-corrected chi connectivity index (χ0v) is 6.10. The first-order chi connectivity index (χ1) is 2.77. The molecule has 0 fully saturated rings. The SMILES string of the molecule is C=[N+](C)CCI. The molecule has 0 aromatic rings. The van der Waals surface area contributed by atoms with E-state index in [2.05, 4.69) is 29.3 Å². The number of alkyl halides is 1. The van der Waals surface area contributed by atoms with Crippen LogP contribution in [0.4, 0.5) is 0 Å². The van der Waals surface area contributed by atoms with E-state index >= 15 is 0 Å². The smallest absolute Gasteiger partial charge is 0.150 e. The van der Waals surface area contributed by atoms with Crippen molar-refractivity contribution < 1.29 is 4.58 Å². The summed E-state index contributed by atoms with van der Waals surface area (Å²) in [4.78, 5) is 0. The van der Waals surface area contributed by atoms with Crippen molar-refractivity contribution in [3.8, 4) is 0 Å². The van der Waals surface area contributed by atoms with Crippen LogP contribution in [0.25, 0.3) is 0 Å². The Morgan fingerprint density at radius 3 is 2.33 bits per heavy atom. The largest absolute Gasteiger partial charge is 0.244 e. The molecule has 1 nitrogen and oxygen atoms in total. The van der Waals surface area contributed by atoms with Crippen molar-refractivity contribution in [2.75, 3.05) is 18.0 Å². The third-order valence-corrected chi connectivity index (χ3v) is 0.949. The highest BCUT2D eigenvalue weighted by molar-refractivity contribution is 14.1. The predicted molar refractivity (Wildman–Crippen MR) is 37.1 cm³/mol. The predicted octanol–water partition coefficient (Wildman–Crippen LogP) is 0.764. The van der Waals surface area contributed by atoms with Crippen LogP contribution in [0.3, 0.4) is 0 Å². The maximum atomic E-state index is 3.66. The number of hydrogen-bond donors (Lipinski definition) is 0. The van der Waals surface area contributed by atoms with Gasteiger partial charge in [0, 0.05) is 0 Å². The van der Waals surface area contributed by atoms with E-state index in [1.165, 1.54) is 0 Å². The minimum atomic E-state index is 1.08. The van der Waals surface area contributed by atoms with E-state index in [1.54, 1.807) is 0 Å². The van der Waals surface area contributed by atoms with Gasteiger partial charge in [0.2, 0.25) is 0 Å². The molecule has 0 saturated carbocycles. The molecule has 0 bridgehead atoms. The lowest BCUT2D eigenvalue weighted by Crippen LogP contribution is -2.03. The van der Waals surface area contributed by atoms with Crippen molar-refractivity contribution in [2.45, 2.75) is 0 Å². The van der Waals surface area contributed by atoms with Gasteiger partial charge in [0.25, 0.3) is 0 Å². The molecule has 0 aromatic heterocycles. The molecular weight excluding hydrogens is 189 g/mol. The monoisotopic (exact) mass is 198 g/mol. The quantitative estimate of drug-likeness (QED) is 0.267. The first-order valence-corrected chi connectivity index (χ1v) is 3.37. The molecule has 0 amide bonds. The summed E-state index contributed by atoms with van der Waals surface area (Å²) < 4.78 is 3.09. The van der Waals surface area contributed by atoms with E-state index in [-0.39, 0.29) is 0 Å². The van der Waals surface area contributed by atoms with Gasteiger partial charge in [-0.05, 0) is 0 Å². The van der Waals surface area contributed by atoms with Crippen LogP contribution in [-0.4, -0.2) is 29.3 Å². The summed E-state index contributed by atoms with van der Waals surface area (Å²) in [5.74, 6) is 0. The molecule has 6 heavy (non-hydrogen) atoms. The van der Waals surface area contributed by atoms with Crippen LogP contribution in [0.5, 0.6) is 0 Å². The molecule has 0 spiro atoms. The van der Waals surface area contributed by atoms with Crippen LogP contribution < -0.4 is 0 Å². The van der Waals surface area contributed by atoms with E-state index < -0.39 is 0 Å². The Hall–Kier alpha value is 0.400. The summed E-state index contributed by atoms with van der Waals surface area (Å²) in [6.45, 7) is 4.74. The zero-order valence-electron chi connectivity index (χ0n) is 3.95. The first kappa shape index (κ1) is 6.40. The summed E-state index contributed by atoms with van der Waals surface area (Å²) >= 11 is 2.32. The van der Waals surface area contributed by atoms with E-state index in [1.807, 2.05) is 11.6 Å². The molecule has 0 atom stereocenters. The lowest BCUT2D eigenvalue weighted by molar-refractivity contribution is -0.482. The Morgan fingerprint density at radius 1 is 1.83 bits per heavy atom. The standard InChI is InChI=1S/C4H9IN/c1-6(2)4-3-5/h1,3-4H2,2H3/q+1. The second-order valence-corrected chi connectivity index (χ2v) is 2.35. The second-order valence-electron chi connectivity index (χ2n) is 1.27. The average molecular weight is 198 g/mol. The van der Waals surface area contributed by atoms with Gasteiger partial charge in [-0.3, -0.25) is 0 Å². The molecule has 0 aromatic carbocycles. The van der Waals surface area contributed by atoms with E-state index in [0.717, 1.165) is 11.0 Å². The second kappa shape index (κ2) is 3.59. The Balaban J connectivity index is 2.83. The molecule has 0 aliphatic heterocycles. The molecule has 0 unspecified atom stereocenters. The van der Waals surface area contributed by atoms with E-state index in [9.17, 15) is 0 Å². The van der Waals surface area contributed by atoms with Crippen LogP contribution in [0.15, 0.2) is 0 Å². The minimum absolute atomic E-state index is 1.08. The highest BCUT2D eigenvalue weighted by Crippen LogP contribution is 1.76. The Kier molecular flexibility index (Phi) is 3.82. The fraction of sp³-hybridized carbons (Fsp3) is 0.750. The Labute approximate surface area is 52.2 Å². The van der Waals surface area contributed by atoms with Gasteiger partial charge in [0.15, 0.2) is 6.54 Å². The molecule has 0 N–H and O–H groups in total. The summed E-state index contributed by atoms with van der Waals surface area (Å²) in [6.07, 6.45) is 0. The third kappa shape index (κ3) is 4.40. The van der Waals surface area contributed by atoms with Crippen molar-refractivity contribution >= 4 is 29.3 Å². The lowest BCUT2D eigenvalue weighted by Gasteiger charge is -1.83. The Bertz CT molecular complexity index is 51.5. The Morgan fingerprint density at radius 2 is 2.33 bits per heavy atom. The molecule has 36 valence electrons. The normalized spacial score (nSPS) is 8.33. The van der Waals surface area contributed by atoms with E-state index in [0.29, 0.717) is 0 Å². The van der Waals surface area contributed by atoms with Crippen molar-refractivity contribution in [3.63, 3.8) is 0 Å². The first-order valence-electron chi connectivity index (χ1n) is 1.85. The number of rotatable bonds is 2. The number of hydrogen-bond acceptors (Lipinski definition) is 0. The van der Waals surface area contributed by atoms with Gasteiger partial charge in [-0.2, -0.15) is 0 Å². The van der Waals surface area contributed by atoms with Crippen LogP contribution in [0.1, 0.15) is 0 Å². The van der Waals surface area contributed by atoms with Gasteiger partial charge in [0.05, 0.1) is 4.43 Å². The summed E-state index contributed by atoms with van der Waals surface area (Å²) in [5.41, 5.74) is 0. The molecule has 0 heterocycles. The van der Waals surface area contributed by atoms with Crippen LogP contribution in [0, 0.1) is 0 Å². The van der Waals surface area contributed by atoms with Gasteiger partial charge in [0.1, 0.15) is 13.8 Å². The highest BCUT2D eigenvalue weighted by atomic mass is 127. The van der Waals surface area contributed by atoms with Gasteiger partial charge in [-0.25, -0.2) is 4.58 Å². The van der Waals surface area contributed by atoms with Gasteiger partial charge in [-0.15, -0.1) is 0 Å². The highest BCUT2D eigenvalue weighted by Gasteiger charge is 1.82. The number of halogens is 1. The zero-order chi connectivity index (χ0) is 4.99. The van der Waals surface area contributed by atoms with E-state index in [4.69, 9.17) is 0 Å². The molecule has 0 aliphatic rings.